The quantitative estimate of drug-likeness (QED) is 0.345. The zero-order chi connectivity index (χ0) is 26.7. The van der Waals surface area contributed by atoms with Crippen LogP contribution in [-0.4, -0.2) is 36.5 Å². The van der Waals surface area contributed by atoms with E-state index in [9.17, 15) is 14.4 Å². The van der Waals surface area contributed by atoms with Crippen molar-refractivity contribution >= 4 is 17.7 Å². The minimum Gasteiger partial charge on any atom is -0.487 e. The second-order valence-corrected chi connectivity index (χ2v) is 13.6. The summed E-state index contributed by atoms with van der Waals surface area (Å²) in [6, 6.07) is 0. The van der Waals surface area contributed by atoms with Crippen molar-refractivity contribution in [2.24, 2.45) is 52.3 Å². The number of carbonyl (C=O) groups excluding carboxylic acids is 3. The topological polar surface area (TPSA) is 78.9 Å². The van der Waals surface area contributed by atoms with Gasteiger partial charge in [0.05, 0.1) is 6.61 Å². The van der Waals surface area contributed by atoms with Crippen LogP contribution in [0.1, 0.15) is 92.9 Å². The molecule has 206 valence electrons. The van der Waals surface area contributed by atoms with E-state index < -0.39 is 0 Å². The highest BCUT2D eigenvalue weighted by Gasteiger charge is 2.65. The van der Waals surface area contributed by atoms with Gasteiger partial charge in [-0.15, -0.1) is 0 Å². The van der Waals surface area contributed by atoms with Crippen molar-refractivity contribution in [2.45, 2.75) is 105 Å². The Morgan fingerprint density at radius 2 is 1.76 bits per heavy atom. The molecular weight excluding hydrogens is 468 g/mol. The third kappa shape index (κ3) is 4.54. The summed E-state index contributed by atoms with van der Waals surface area (Å²) in [5.74, 6) is 2.87. The van der Waals surface area contributed by atoms with Crippen LogP contribution in [0, 0.1) is 52.3 Å². The van der Waals surface area contributed by atoms with Gasteiger partial charge in [-0.05, 0) is 91.9 Å². The van der Waals surface area contributed by atoms with E-state index in [0.717, 1.165) is 25.7 Å². The van der Waals surface area contributed by atoms with E-state index in [4.69, 9.17) is 14.2 Å². The summed E-state index contributed by atoms with van der Waals surface area (Å²) in [4.78, 5) is 36.2. The molecule has 0 amide bonds. The van der Waals surface area contributed by atoms with Gasteiger partial charge in [0, 0.05) is 31.6 Å². The van der Waals surface area contributed by atoms with Gasteiger partial charge in [0.1, 0.15) is 12.2 Å². The molecule has 0 aromatic carbocycles. The SMILES string of the molecule is CC(=O)OC[C@H](C)/C=C1\O[C@H]2C[C@H]3[C@@H]4CC[C@H]5C[C@@H](OC(C)=O)CC[C@]5(C)[C@H]4CC[C@]3(C)[C@H]2[C@H](C)C1=O. The summed E-state index contributed by atoms with van der Waals surface area (Å²) < 4.78 is 17.3. The number of ketones is 1. The molecule has 0 bridgehead atoms. The van der Waals surface area contributed by atoms with Crippen LogP contribution in [0.2, 0.25) is 0 Å². The lowest BCUT2D eigenvalue weighted by Crippen LogP contribution is -2.55. The van der Waals surface area contributed by atoms with Gasteiger partial charge in [-0.2, -0.15) is 0 Å². The Bertz CT molecular complexity index is 971. The smallest absolute Gasteiger partial charge is 0.302 e. The number of Topliss-reactive ketones (excluding diaryl/α,β-unsaturated/α-hetero) is 1. The maximum Gasteiger partial charge on any atom is 0.302 e. The van der Waals surface area contributed by atoms with E-state index in [2.05, 4.69) is 20.8 Å². The van der Waals surface area contributed by atoms with Crippen LogP contribution in [0.5, 0.6) is 0 Å². The van der Waals surface area contributed by atoms with E-state index >= 15 is 0 Å². The molecule has 0 aromatic rings. The fourth-order valence-electron chi connectivity index (χ4n) is 9.89. The van der Waals surface area contributed by atoms with E-state index in [-0.39, 0.29) is 59.7 Å². The maximum absolute atomic E-state index is 13.5. The number of carbonyl (C=O) groups is 3. The molecule has 0 N–H and O–H groups in total. The molecule has 1 saturated heterocycles. The third-order valence-corrected chi connectivity index (χ3v) is 11.5. The summed E-state index contributed by atoms with van der Waals surface area (Å²) in [7, 11) is 0. The van der Waals surface area contributed by atoms with Gasteiger partial charge in [0.2, 0.25) is 0 Å². The van der Waals surface area contributed by atoms with Gasteiger partial charge >= 0.3 is 11.9 Å². The Kier molecular flexibility index (Phi) is 7.02. The maximum atomic E-state index is 13.5. The summed E-state index contributed by atoms with van der Waals surface area (Å²) in [6.45, 7) is 12.2. The van der Waals surface area contributed by atoms with Gasteiger partial charge in [0.15, 0.2) is 11.5 Å². The van der Waals surface area contributed by atoms with Crippen LogP contribution in [0.15, 0.2) is 11.8 Å². The van der Waals surface area contributed by atoms with Crippen molar-refractivity contribution in [3.05, 3.63) is 11.8 Å². The van der Waals surface area contributed by atoms with Gasteiger partial charge in [-0.25, -0.2) is 0 Å². The Hall–Kier alpha value is -1.85. The van der Waals surface area contributed by atoms with Crippen molar-refractivity contribution in [1.29, 1.82) is 0 Å². The Morgan fingerprint density at radius 3 is 2.46 bits per heavy atom. The molecule has 0 unspecified atom stereocenters. The standard InChI is InChI=1S/C31H46O6/c1-17(16-35-19(3)32)13-27-29(34)18(2)28-26(37-27)15-25-23-8-7-21-14-22(36-20(4)33)9-11-30(21,5)24(23)10-12-31(25,28)6/h13,17-18,21-26,28H,7-12,14-16H2,1-6H3/b27-13-/t17-,18+,21+,22+,23-,24+,25+,26+,28+,30+,31+/m1/s1. The summed E-state index contributed by atoms with van der Waals surface area (Å²) in [5, 5.41) is 0. The van der Waals surface area contributed by atoms with Crippen molar-refractivity contribution in [3.63, 3.8) is 0 Å². The average molecular weight is 515 g/mol. The Morgan fingerprint density at radius 1 is 1.03 bits per heavy atom. The molecular formula is C31H46O6. The highest BCUT2D eigenvalue weighted by atomic mass is 16.5. The summed E-state index contributed by atoms with van der Waals surface area (Å²) in [5.41, 5.74) is 0.447. The molecule has 0 aromatic heterocycles. The average Bonchev–Trinajstić information content (AvgIpc) is 3.13. The molecule has 5 aliphatic rings. The lowest BCUT2D eigenvalue weighted by atomic mass is 9.44. The highest BCUT2D eigenvalue weighted by molar-refractivity contribution is 5.96. The lowest BCUT2D eigenvalue weighted by Gasteiger charge is -2.61. The van der Waals surface area contributed by atoms with E-state index in [1.807, 2.05) is 13.0 Å². The fraction of sp³-hybridized carbons (Fsp3) is 0.839. The van der Waals surface area contributed by atoms with Gasteiger partial charge in [-0.1, -0.05) is 27.7 Å². The monoisotopic (exact) mass is 514 g/mol. The number of fused-ring (bicyclic) bond motifs is 7. The number of hydrogen-bond acceptors (Lipinski definition) is 6. The summed E-state index contributed by atoms with van der Waals surface area (Å²) in [6.07, 6.45) is 11.1. The summed E-state index contributed by atoms with van der Waals surface area (Å²) >= 11 is 0. The van der Waals surface area contributed by atoms with Crippen LogP contribution >= 0.6 is 0 Å². The van der Waals surface area contributed by atoms with E-state index in [1.54, 1.807) is 0 Å². The van der Waals surface area contributed by atoms with Gasteiger partial charge in [-0.3, -0.25) is 14.4 Å². The number of ether oxygens (including phenoxy) is 3. The Labute approximate surface area is 222 Å². The van der Waals surface area contributed by atoms with Crippen LogP contribution in [0.3, 0.4) is 0 Å². The molecule has 37 heavy (non-hydrogen) atoms. The molecule has 11 atom stereocenters. The third-order valence-electron chi connectivity index (χ3n) is 11.5. The molecule has 1 heterocycles. The van der Waals surface area contributed by atoms with Crippen LogP contribution in [-0.2, 0) is 28.6 Å². The minimum absolute atomic E-state index is 0.0523. The first-order chi connectivity index (χ1) is 17.4. The predicted octanol–water partition coefficient (Wildman–Crippen LogP) is 5.87. The zero-order valence-corrected chi connectivity index (χ0v) is 23.6. The van der Waals surface area contributed by atoms with Crippen LogP contribution in [0.4, 0.5) is 0 Å². The first kappa shape index (κ1) is 26.7. The van der Waals surface area contributed by atoms with Crippen molar-refractivity contribution in [2.75, 3.05) is 6.61 Å². The van der Waals surface area contributed by atoms with E-state index in [1.165, 1.54) is 39.5 Å². The first-order valence-corrected chi connectivity index (χ1v) is 14.7. The fourth-order valence-corrected chi connectivity index (χ4v) is 9.89. The predicted molar refractivity (Wildman–Crippen MR) is 139 cm³/mol. The number of allylic oxidation sites excluding steroid dienone is 1. The molecule has 4 aliphatic carbocycles. The van der Waals surface area contributed by atoms with Crippen molar-refractivity contribution in [3.8, 4) is 0 Å². The van der Waals surface area contributed by atoms with Gasteiger partial charge < -0.3 is 14.2 Å². The zero-order valence-electron chi connectivity index (χ0n) is 23.6. The molecule has 1 aliphatic heterocycles. The van der Waals surface area contributed by atoms with E-state index in [0.29, 0.717) is 34.8 Å². The first-order valence-electron chi connectivity index (χ1n) is 14.7. The van der Waals surface area contributed by atoms with Crippen molar-refractivity contribution < 1.29 is 28.6 Å². The Balaban J connectivity index is 1.33. The van der Waals surface area contributed by atoms with Crippen LogP contribution < -0.4 is 0 Å². The lowest BCUT2D eigenvalue weighted by molar-refractivity contribution is -0.161. The normalized spacial score (nSPS) is 46.5. The molecule has 6 heteroatoms. The second-order valence-electron chi connectivity index (χ2n) is 13.6. The number of esters is 2. The number of rotatable bonds is 4. The largest absolute Gasteiger partial charge is 0.487 e. The number of hydrogen-bond donors (Lipinski definition) is 0. The van der Waals surface area contributed by atoms with Crippen molar-refractivity contribution in [1.82, 2.24) is 0 Å². The van der Waals surface area contributed by atoms with Gasteiger partial charge in [0.25, 0.3) is 0 Å². The second kappa shape index (κ2) is 9.72. The molecule has 5 fully saturated rings. The van der Waals surface area contributed by atoms with Crippen LogP contribution in [0.25, 0.3) is 0 Å². The molecule has 6 nitrogen and oxygen atoms in total. The highest BCUT2D eigenvalue weighted by Crippen LogP contribution is 2.69. The molecule has 5 rings (SSSR count). The molecule has 0 radical (unpaired) electrons. The molecule has 0 spiro atoms. The molecule has 4 saturated carbocycles. The minimum atomic E-state index is -0.305.